The third-order valence-corrected chi connectivity index (χ3v) is 4.50. The van der Waals surface area contributed by atoms with E-state index in [2.05, 4.69) is 0 Å². The molecule has 0 bridgehead atoms. The number of aliphatic hydroxyl groups excluding tert-OH is 4. The quantitative estimate of drug-likeness (QED) is 0.301. The first-order chi connectivity index (χ1) is 13.4. The van der Waals surface area contributed by atoms with Crippen LogP contribution in [0.1, 0.15) is 21.5 Å². The Bertz CT molecular complexity index is 885. The molecule has 0 amide bonds. The monoisotopic (exact) mass is 427 g/mol. The van der Waals surface area contributed by atoms with Crippen LogP contribution in [0.15, 0.2) is 42.5 Å². The third kappa shape index (κ3) is 5.51. The Morgan fingerprint density at radius 1 is 1.03 bits per heavy atom. The van der Waals surface area contributed by atoms with Gasteiger partial charge in [0, 0.05) is 63.4 Å². The van der Waals surface area contributed by atoms with Gasteiger partial charge >= 0.3 is 5.97 Å². The predicted octanol–water partition coefficient (Wildman–Crippen LogP) is -0.197. The van der Waals surface area contributed by atoms with Crippen molar-refractivity contribution in [2.45, 2.75) is 24.7 Å². The van der Waals surface area contributed by atoms with Crippen molar-refractivity contribution in [3.05, 3.63) is 59.2 Å². The van der Waals surface area contributed by atoms with Crippen molar-refractivity contribution in [1.29, 1.82) is 0 Å². The summed E-state index contributed by atoms with van der Waals surface area (Å²) >= 11 is 0. The van der Waals surface area contributed by atoms with Crippen molar-refractivity contribution in [2.24, 2.45) is 0 Å². The van der Waals surface area contributed by atoms with E-state index in [0.29, 0.717) is 23.5 Å². The van der Waals surface area contributed by atoms with Crippen molar-refractivity contribution in [3.63, 3.8) is 0 Å². The molecule has 0 saturated heterocycles. The fourth-order valence-electron chi connectivity index (χ4n) is 2.93. The first-order valence-electron chi connectivity index (χ1n) is 8.65. The van der Waals surface area contributed by atoms with Gasteiger partial charge < -0.3 is 29.9 Å². The number of esters is 1. The number of hydrogen-bond acceptors (Lipinski definition) is 8. The van der Waals surface area contributed by atoms with Gasteiger partial charge in [-0.05, 0) is 23.8 Å². The maximum Gasteiger partial charge on any atom is 0.338 e. The van der Waals surface area contributed by atoms with E-state index in [1.807, 2.05) is 24.3 Å². The largest absolute Gasteiger partial charge is 0.459 e. The molecule has 0 aromatic heterocycles. The Kier molecular flexibility index (Phi) is 8.95. The second-order valence-electron chi connectivity index (χ2n) is 6.39. The molecule has 1 aliphatic heterocycles. The zero-order valence-corrected chi connectivity index (χ0v) is 18.9. The van der Waals surface area contributed by atoms with Gasteiger partial charge in [-0.3, -0.25) is 4.79 Å². The van der Waals surface area contributed by atoms with Gasteiger partial charge in [0.2, 0.25) is 0 Å². The van der Waals surface area contributed by atoms with Gasteiger partial charge in [-0.25, -0.2) is 4.79 Å². The Morgan fingerprint density at radius 2 is 1.72 bits per heavy atom. The number of hydrogen-bond donors (Lipinski definition) is 4. The van der Waals surface area contributed by atoms with Gasteiger partial charge in [0.05, 0.1) is 5.56 Å². The molecular weight excluding hydrogens is 407 g/mol. The molecule has 0 spiro atoms. The van der Waals surface area contributed by atoms with Crippen LogP contribution in [0, 0.1) is 0 Å². The van der Waals surface area contributed by atoms with Crippen LogP contribution in [0.4, 0.5) is 0 Å². The average Bonchev–Trinajstić information content (AvgIpc) is 2.73. The standard InChI is InChI=1S/C20H20O8.K/c21-9-14(22)18(24)19(25)15(23)10-27-20(26)12-5-3-7-17-13(12)8-11-4-1-2-6-16(11)28-17;/h1-7,15,18-19,21,23-25H,8-10H2;/t15-,18-,19-;/m1./s1. The summed E-state index contributed by atoms with van der Waals surface area (Å²) in [6.07, 6.45) is -5.11. The molecule has 0 aliphatic carbocycles. The van der Waals surface area contributed by atoms with E-state index in [1.165, 1.54) is 0 Å². The zero-order valence-electron chi connectivity index (χ0n) is 15.8. The van der Waals surface area contributed by atoms with Crippen LogP contribution >= 0.6 is 0 Å². The van der Waals surface area contributed by atoms with Crippen molar-refractivity contribution < 1.29 is 39.5 Å². The fraction of sp³-hybridized carbons (Fsp3) is 0.300. The number of carbonyl (C=O) groups excluding carboxylic acids is 2. The van der Waals surface area contributed by atoms with Crippen LogP contribution in [0.3, 0.4) is 0 Å². The third-order valence-electron chi connectivity index (χ3n) is 4.50. The molecule has 1 heterocycles. The first kappa shape index (κ1) is 24.1. The van der Waals surface area contributed by atoms with E-state index in [1.54, 1.807) is 18.2 Å². The maximum atomic E-state index is 12.5. The second kappa shape index (κ2) is 10.8. The summed E-state index contributed by atoms with van der Waals surface area (Å²) in [5.74, 6) is -0.556. The van der Waals surface area contributed by atoms with E-state index in [0.717, 1.165) is 5.56 Å². The number of aliphatic hydroxyl groups is 4. The second-order valence-corrected chi connectivity index (χ2v) is 6.39. The van der Waals surface area contributed by atoms with Crippen molar-refractivity contribution in [1.82, 2.24) is 0 Å². The average molecular weight is 427 g/mol. The molecule has 0 fully saturated rings. The zero-order chi connectivity index (χ0) is 20.3. The molecule has 0 saturated carbocycles. The maximum absolute atomic E-state index is 12.5. The summed E-state index contributed by atoms with van der Waals surface area (Å²) in [6.45, 7) is -1.63. The van der Waals surface area contributed by atoms with E-state index in [4.69, 9.17) is 14.6 Å². The van der Waals surface area contributed by atoms with Crippen LogP contribution in [0.5, 0.6) is 11.5 Å². The molecule has 3 atom stereocenters. The first-order valence-corrected chi connectivity index (χ1v) is 8.65. The van der Waals surface area contributed by atoms with E-state index >= 15 is 0 Å². The van der Waals surface area contributed by atoms with Gasteiger partial charge in [-0.15, -0.1) is 0 Å². The molecule has 29 heavy (non-hydrogen) atoms. The SMILES string of the molecule is O=C(OC[C@@H](O)[C@@H](O)[C@H](O)C(=O)CO)c1cccc2c1Cc1ccccc1O2.[K]. The van der Waals surface area contributed by atoms with Gasteiger partial charge in [0.1, 0.15) is 43.0 Å². The van der Waals surface area contributed by atoms with Crippen molar-refractivity contribution in [2.75, 3.05) is 13.2 Å². The summed E-state index contributed by atoms with van der Waals surface area (Å²) in [5, 5.41) is 37.8. The number of benzene rings is 2. The van der Waals surface area contributed by atoms with Crippen LogP contribution in [0.25, 0.3) is 0 Å². The summed E-state index contributed by atoms with van der Waals surface area (Å²) in [4.78, 5) is 23.7. The minimum absolute atomic E-state index is 0. The number of ketones is 1. The summed E-state index contributed by atoms with van der Waals surface area (Å²) < 4.78 is 10.9. The topological polar surface area (TPSA) is 134 Å². The van der Waals surface area contributed by atoms with Crippen LogP contribution in [0.2, 0.25) is 0 Å². The Labute approximate surface area is 209 Å². The molecule has 1 aliphatic rings. The number of Topliss-reactive ketones (excluding diaryl/α,β-unsaturated/α-hetero) is 1. The minimum Gasteiger partial charge on any atom is -0.459 e. The number of carbonyl (C=O) groups is 2. The van der Waals surface area contributed by atoms with Crippen LogP contribution in [-0.4, -0.2) is 115 Å². The van der Waals surface area contributed by atoms with E-state index < -0.39 is 43.3 Å². The molecule has 3 rings (SSSR count). The van der Waals surface area contributed by atoms with Gasteiger partial charge in [-0.2, -0.15) is 0 Å². The van der Waals surface area contributed by atoms with Crippen molar-refractivity contribution >= 4 is 63.1 Å². The van der Waals surface area contributed by atoms with Crippen LogP contribution in [-0.2, 0) is 16.0 Å². The molecule has 149 valence electrons. The number of ether oxygens (including phenoxy) is 2. The fourth-order valence-corrected chi connectivity index (χ4v) is 2.93. The van der Waals surface area contributed by atoms with Gasteiger partial charge in [-0.1, -0.05) is 24.3 Å². The molecular formula is C20H20KO8. The Balaban J connectivity index is 0.00000300. The molecule has 4 N–H and O–H groups in total. The van der Waals surface area contributed by atoms with E-state index in [9.17, 15) is 24.9 Å². The molecule has 2 aromatic carbocycles. The summed E-state index contributed by atoms with van der Waals surface area (Å²) in [5.41, 5.74) is 1.80. The number of para-hydroxylation sites is 1. The molecule has 9 heteroatoms. The Hall–Kier alpha value is -1.14. The van der Waals surface area contributed by atoms with Gasteiger partial charge in [0.25, 0.3) is 0 Å². The van der Waals surface area contributed by atoms with Crippen molar-refractivity contribution in [3.8, 4) is 11.5 Å². The summed E-state index contributed by atoms with van der Waals surface area (Å²) in [7, 11) is 0. The number of fused-ring (bicyclic) bond motifs is 2. The molecule has 8 nitrogen and oxygen atoms in total. The minimum atomic E-state index is -1.98. The molecule has 1 radical (unpaired) electrons. The number of rotatable bonds is 7. The summed E-state index contributed by atoms with van der Waals surface area (Å²) in [6, 6.07) is 12.4. The smallest absolute Gasteiger partial charge is 0.338 e. The van der Waals surface area contributed by atoms with Crippen LogP contribution < -0.4 is 4.74 Å². The van der Waals surface area contributed by atoms with E-state index in [-0.39, 0.29) is 56.9 Å². The van der Waals surface area contributed by atoms with Gasteiger partial charge in [0.15, 0.2) is 5.78 Å². The Morgan fingerprint density at radius 3 is 2.45 bits per heavy atom. The molecule has 2 aromatic rings. The predicted molar refractivity (Wildman–Crippen MR) is 102 cm³/mol. The normalized spacial score (nSPS) is 14.9. The molecule has 0 unspecified atom stereocenters.